The lowest BCUT2D eigenvalue weighted by atomic mass is 9.85. The third kappa shape index (κ3) is 3.94. The van der Waals surface area contributed by atoms with Crippen molar-refractivity contribution in [1.29, 1.82) is 0 Å². The SMILES string of the molecule is O=C(O)c1ccc(NCc2cccc3c2OC(F)(F)O3)c(NC(=O)C2CCC2)c1. The molecule has 0 bridgehead atoms. The van der Waals surface area contributed by atoms with Crippen LogP contribution >= 0.6 is 0 Å². The first kappa shape index (κ1) is 19.0. The number of carboxylic acids is 1. The van der Waals surface area contributed by atoms with Gasteiger partial charge in [0, 0.05) is 18.0 Å². The Morgan fingerprint density at radius 2 is 1.93 bits per heavy atom. The van der Waals surface area contributed by atoms with Crippen molar-refractivity contribution < 1.29 is 33.0 Å². The summed E-state index contributed by atoms with van der Waals surface area (Å²) in [7, 11) is 0. The zero-order chi connectivity index (χ0) is 20.6. The summed E-state index contributed by atoms with van der Waals surface area (Å²) >= 11 is 0. The molecule has 1 fully saturated rings. The Kier molecular flexibility index (Phi) is 4.73. The number of anilines is 2. The van der Waals surface area contributed by atoms with Gasteiger partial charge in [-0.2, -0.15) is 0 Å². The fourth-order valence-corrected chi connectivity index (χ4v) is 3.19. The summed E-state index contributed by atoms with van der Waals surface area (Å²) in [6, 6.07) is 8.83. The minimum atomic E-state index is -3.72. The average molecular weight is 404 g/mol. The van der Waals surface area contributed by atoms with Crippen LogP contribution in [0.4, 0.5) is 20.2 Å². The van der Waals surface area contributed by atoms with E-state index < -0.39 is 12.3 Å². The Hall–Kier alpha value is -3.36. The molecule has 1 aliphatic carbocycles. The first-order valence-electron chi connectivity index (χ1n) is 9.12. The summed E-state index contributed by atoms with van der Waals surface area (Å²) in [5.41, 5.74) is 1.23. The first-order chi connectivity index (χ1) is 13.8. The molecule has 2 aliphatic rings. The average Bonchev–Trinajstić information content (AvgIpc) is 2.93. The van der Waals surface area contributed by atoms with E-state index in [2.05, 4.69) is 20.1 Å². The molecule has 152 valence electrons. The number of amides is 1. The number of fused-ring (bicyclic) bond motifs is 1. The highest BCUT2D eigenvalue weighted by molar-refractivity contribution is 5.98. The van der Waals surface area contributed by atoms with E-state index in [0.717, 1.165) is 19.3 Å². The number of ether oxygens (including phenoxy) is 2. The number of hydrogen-bond donors (Lipinski definition) is 3. The van der Waals surface area contributed by atoms with Crippen LogP contribution in [0.2, 0.25) is 0 Å². The number of benzene rings is 2. The Balaban J connectivity index is 1.55. The zero-order valence-electron chi connectivity index (χ0n) is 15.2. The molecule has 0 spiro atoms. The number of carbonyl (C=O) groups excluding carboxylic acids is 1. The predicted octanol–water partition coefficient (Wildman–Crippen LogP) is 4.06. The molecule has 0 aromatic heterocycles. The van der Waals surface area contributed by atoms with Crippen LogP contribution in [0.15, 0.2) is 36.4 Å². The number of halogens is 2. The normalized spacial score (nSPS) is 16.8. The number of nitrogens with one attached hydrogen (secondary N) is 2. The number of hydrogen-bond acceptors (Lipinski definition) is 5. The third-order valence-electron chi connectivity index (χ3n) is 4.98. The maximum absolute atomic E-state index is 13.4. The van der Waals surface area contributed by atoms with Crippen molar-refractivity contribution in [3.8, 4) is 11.5 Å². The topological polar surface area (TPSA) is 96.9 Å². The van der Waals surface area contributed by atoms with Crippen molar-refractivity contribution in [2.24, 2.45) is 5.92 Å². The fraction of sp³-hybridized carbons (Fsp3) is 0.300. The standard InChI is InChI=1S/C20H18F2N2O5/c21-20(22)28-16-6-2-5-13(17(16)29-20)10-23-14-8-7-12(19(26)27)9-15(14)24-18(25)11-3-1-4-11/h2,5-9,11,23H,1,3-4,10H2,(H,24,25)(H,26,27). The summed E-state index contributed by atoms with van der Waals surface area (Å²) in [6.45, 7) is 0.0985. The fourth-order valence-electron chi connectivity index (χ4n) is 3.19. The number of alkyl halides is 2. The van der Waals surface area contributed by atoms with E-state index in [1.165, 1.54) is 24.3 Å². The molecule has 7 nitrogen and oxygen atoms in total. The Bertz CT molecular complexity index is 975. The van der Waals surface area contributed by atoms with Crippen molar-refractivity contribution in [3.63, 3.8) is 0 Å². The van der Waals surface area contributed by atoms with E-state index in [0.29, 0.717) is 16.9 Å². The van der Waals surface area contributed by atoms with Gasteiger partial charge in [-0.15, -0.1) is 8.78 Å². The molecule has 1 heterocycles. The second-order valence-corrected chi connectivity index (χ2v) is 6.95. The van der Waals surface area contributed by atoms with Gasteiger partial charge in [0.05, 0.1) is 16.9 Å². The molecule has 2 aromatic carbocycles. The molecule has 1 aliphatic heterocycles. The number of carbonyl (C=O) groups is 2. The second-order valence-electron chi connectivity index (χ2n) is 6.95. The second kappa shape index (κ2) is 7.23. The summed E-state index contributed by atoms with van der Waals surface area (Å²) in [4.78, 5) is 23.6. The molecule has 1 saturated carbocycles. The number of rotatable bonds is 6. The minimum Gasteiger partial charge on any atom is -0.478 e. The van der Waals surface area contributed by atoms with Gasteiger partial charge in [-0.25, -0.2) is 4.79 Å². The summed E-state index contributed by atoms with van der Waals surface area (Å²) < 4.78 is 35.7. The third-order valence-corrected chi connectivity index (χ3v) is 4.98. The zero-order valence-corrected chi connectivity index (χ0v) is 15.2. The van der Waals surface area contributed by atoms with Crippen LogP contribution in [0, 0.1) is 5.92 Å². The quantitative estimate of drug-likeness (QED) is 0.672. The molecule has 0 atom stereocenters. The van der Waals surface area contributed by atoms with Gasteiger partial charge in [0.25, 0.3) is 0 Å². The van der Waals surface area contributed by atoms with E-state index in [-0.39, 0.29) is 35.4 Å². The first-order valence-corrected chi connectivity index (χ1v) is 9.12. The Morgan fingerprint density at radius 3 is 2.62 bits per heavy atom. The van der Waals surface area contributed by atoms with Crippen LogP contribution in [0.1, 0.15) is 35.2 Å². The van der Waals surface area contributed by atoms with Crippen molar-refractivity contribution in [3.05, 3.63) is 47.5 Å². The summed E-state index contributed by atoms with van der Waals surface area (Å²) in [5.74, 6) is -1.49. The van der Waals surface area contributed by atoms with Crippen molar-refractivity contribution in [2.45, 2.75) is 32.1 Å². The molecular weight excluding hydrogens is 386 g/mol. The van der Waals surface area contributed by atoms with Crippen molar-refractivity contribution >= 4 is 23.3 Å². The molecule has 4 rings (SSSR count). The maximum Gasteiger partial charge on any atom is 0.586 e. The molecule has 3 N–H and O–H groups in total. The summed E-state index contributed by atoms with van der Waals surface area (Å²) in [5, 5.41) is 15.0. The molecule has 0 saturated heterocycles. The maximum atomic E-state index is 13.4. The van der Waals surface area contributed by atoms with Gasteiger partial charge >= 0.3 is 12.3 Å². The van der Waals surface area contributed by atoms with Gasteiger partial charge in [-0.1, -0.05) is 18.6 Å². The molecule has 29 heavy (non-hydrogen) atoms. The lowest BCUT2D eigenvalue weighted by Crippen LogP contribution is -2.28. The lowest BCUT2D eigenvalue weighted by molar-refractivity contribution is -0.286. The lowest BCUT2D eigenvalue weighted by Gasteiger charge is -2.25. The molecule has 1 amide bonds. The van der Waals surface area contributed by atoms with Crippen LogP contribution in [0.5, 0.6) is 11.5 Å². The van der Waals surface area contributed by atoms with Gasteiger partial charge < -0.3 is 25.2 Å². The Labute approximate surface area is 164 Å². The van der Waals surface area contributed by atoms with Crippen LogP contribution in [-0.4, -0.2) is 23.3 Å². The van der Waals surface area contributed by atoms with Gasteiger partial charge in [0.15, 0.2) is 11.5 Å². The van der Waals surface area contributed by atoms with Gasteiger partial charge in [0.2, 0.25) is 5.91 Å². The Morgan fingerprint density at radius 1 is 1.14 bits per heavy atom. The largest absolute Gasteiger partial charge is 0.586 e. The smallest absolute Gasteiger partial charge is 0.478 e. The van der Waals surface area contributed by atoms with E-state index in [4.69, 9.17) is 0 Å². The molecule has 2 aromatic rings. The summed E-state index contributed by atoms with van der Waals surface area (Å²) in [6.07, 6.45) is -1.13. The van der Waals surface area contributed by atoms with Gasteiger partial charge in [-0.3, -0.25) is 4.79 Å². The molecule has 0 radical (unpaired) electrons. The van der Waals surface area contributed by atoms with Crippen LogP contribution in [0.25, 0.3) is 0 Å². The monoisotopic (exact) mass is 404 g/mol. The van der Waals surface area contributed by atoms with Crippen LogP contribution in [0.3, 0.4) is 0 Å². The number of carboxylic acid groups (broad SMARTS) is 1. The molecular formula is C20H18F2N2O5. The molecule has 0 unspecified atom stereocenters. The van der Waals surface area contributed by atoms with E-state index in [1.54, 1.807) is 12.1 Å². The number of aromatic carboxylic acids is 1. The highest BCUT2D eigenvalue weighted by Gasteiger charge is 2.44. The van der Waals surface area contributed by atoms with Crippen LogP contribution in [-0.2, 0) is 11.3 Å². The minimum absolute atomic E-state index is 0.0245. The van der Waals surface area contributed by atoms with E-state index in [9.17, 15) is 23.5 Å². The van der Waals surface area contributed by atoms with E-state index >= 15 is 0 Å². The highest BCUT2D eigenvalue weighted by atomic mass is 19.3. The van der Waals surface area contributed by atoms with Crippen molar-refractivity contribution in [1.82, 2.24) is 0 Å². The highest BCUT2D eigenvalue weighted by Crippen LogP contribution is 2.43. The van der Waals surface area contributed by atoms with Gasteiger partial charge in [0.1, 0.15) is 0 Å². The van der Waals surface area contributed by atoms with Crippen molar-refractivity contribution in [2.75, 3.05) is 10.6 Å². The van der Waals surface area contributed by atoms with E-state index in [1.807, 2.05) is 0 Å². The van der Waals surface area contributed by atoms with Gasteiger partial charge in [-0.05, 0) is 37.1 Å². The van der Waals surface area contributed by atoms with Crippen LogP contribution < -0.4 is 20.1 Å². The predicted molar refractivity (Wildman–Crippen MR) is 99.3 cm³/mol. The number of para-hydroxylation sites is 1. The molecule has 9 heteroatoms.